The third-order valence-corrected chi connectivity index (χ3v) is 2.88. The van der Waals surface area contributed by atoms with Crippen LogP contribution in [0.4, 0.5) is 0 Å². The van der Waals surface area contributed by atoms with Crippen LogP contribution in [0.3, 0.4) is 0 Å². The van der Waals surface area contributed by atoms with Gasteiger partial charge in [-0.05, 0) is 25.7 Å². The minimum atomic E-state index is -1.13. The normalized spacial score (nSPS) is 15.8. The summed E-state index contributed by atoms with van der Waals surface area (Å²) < 4.78 is 0. The van der Waals surface area contributed by atoms with Gasteiger partial charge in [0.15, 0.2) is 0 Å². The lowest BCUT2D eigenvalue weighted by Gasteiger charge is -2.14. The zero-order valence-electron chi connectivity index (χ0n) is 10.7. The summed E-state index contributed by atoms with van der Waals surface area (Å²) in [5, 5.41) is 23.0. The lowest BCUT2D eigenvalue weighted by atomic mass is 10.1. The van der Waals surface area contributed by atoms with Crippen molar-refractivity contribution in [1.82, 2.24) is 10.6 Å². The highest BCUT2D eigenvalue weighted by atomic mass is 16.4. The Bertz CT molecular complexity index is 341. The largest absolute Gasteiger partial charge is 0.481 e. The van der Waals surface area contributed by atoms with Crippen LogP contribution in [0.1, 0.15) is 38.5 Å². The van der Waals surface area contributed by atoms with Gasteiger partial charge < -0.3 is 20.8 Å². The monoisotopic (exact) mass is 272 g/mol. The zero-order chi connectivity index (χ0) is 14.3. The number of hydrogen-bond acceptors (Lipinski definition) is 4. The summed E-state index contributed by atoms with van der Waals surface area (Å²) in [5.74, 6) is -2.42. The van der Waals surface area contributed by atoms with Gasteiger partial charge >= 0.3 is 11.9 Å². The van der Waals surface area contributed by atoms with Gasteiger partial charge in [0.1, 0.15) is 6.04 Å². The summed E-state index contributed by atoms with van der Waals surface area (Å²) in [4.78, 5) is 32.8. The van der Waals surface area contributed by atoms with Crippen LogP contribution >= 0.6 is 0 Å². The number of nitrogens with one attached hydrogen (secondary N) is 2. The van der Waals surface area contributed by atoms with E-state index >= 15 is 0 Å². The third kappa shape index (κ3) is 7.40. The number of carbonyl (C=O) groups excluding carboxylic acids is 1. The topological polar surface area (TPSA) is 116 Å². The van der Waals surface area contributed by atoms with E-state index in [1.807, 2.05) is 0 Å². The highest BCUT2D eigenvalue weighted by Gasteiger charge is 2.22. The first-order valence-corrected chi connectivity index (χ1v) is 6.46. The molecule has 1 fully saturated rings. The summed E-state index contributed by atoms with van der Waals surface area (Å²) >= 11 is 0. The Hall–Kier alpha value is -1.63. The molecular weight excluding hydrogens is 252 g/mol. The minimum Gasteiger partial charge on any atom is -0.481 e. The second-order valence-electron chi connectivity index (χ2n) is 4.72. The van der Waals surface area contributed by atoms with Crippen molar-refractivity contribution in [2.45, 2.75) is 50.6 Å². The number of carboxylic acid groups (broad SMARTS) is 2. The fourth-order valence-electron chi connectivity index (χ4n) is 1.66. The van der Waals surface area contributed by atoms with E-state index in [9.17, 15) is 14.4 Å². The zero-order valence-corrected chi connectivity index (χ0v) is 10.7. The summed E-state index contributed by atoms with van der Waals surface area (Å²) in [6.45, 7) is 0.540. The molecule has 7 nitrogen and oxygen atoms in total. The molecule has 108 valence electrons. The SMILES string of the molecule is O=C(O)CCC[C@@H](NC(=O)CCNC1CC1)C(=O)O. The molecule has 0 aromatic carbocycles. The predicted octanol–water partition coefficient (Wildman–Crippen LogP) is -0.0472. The van der Waals surface area contributed by atoms with Gasteiger partial charge in [-0.3, -0.25) is 9.59 Å². The van der Waals surface area contributed by atoms with Crippen LogP contribution < -0.4 is 10.6 Å². The summed E-state index contributed by atoms with van der Waals surface area (Å²) in [7, 11) is 0. The van der Waals surface area contributed by atoms with Crippen molar-refractivity contribution in [1.29, 1.82) is 0 Å². The Morgan fingerprint density at radius 2 is 1.84 bits per heavy atom. The molecule has 1 aliphatic rings. The summed E-state index contributed by atoms with van der Waals surface area (Å²) in [6.07, 6.45) is 2.77. The molecule has 7 heteroatoms. The smallest absolute Gasteiger partial charge is 0.326 e. The van der Waals surface area contributed by atoms with E-state index in [0.717, 1.165) is 12.8 Å². The molecule has 0 spiro atoms. The van der Waals surface area contributed by atoms with Crippen molar-refractivity contribution in [2.75, 3.05) is 6.54 Å². The maximum absolute atomic E-state index is 11.5. The number of carbonyl (C=O) groups is 3. The highest BCUT2D eigenvalue weighted by Crippen LogP contribution is 2.18. The molecule has 4 N–H and O–H groups in total. The molecule has 0 bridgehead atoms. The molecule has 0 aromatic rings. The van der Waals surface area contributed by atoms with Crippen LogP contribution in [0.5, 0.6) is 0 Å². The standard InChI is InChI=1S/C12H20N2O5/c15-10(6-7-13-8-4-5-8)14-9(12(18)19)2-1-3-11(16)17/h8-9,13H,1-7H2,(H,14,15)(H,16,17)(H,18,19)/t9-/m1/s1. The van der Waals surface area contributed by atoms with E-state index in [2.05, 4.69) is 10.6 Å². The average Bonchev–Trinajstić information content (AvgIpc) is 3.11. The quantitative estimate of drug-likeness (QED) is 0.443. The molecule has 0 unspecified atom stereocenters. The van der Waals surface area contributed by atoms with Crippen molar-refractivity contribution in [3.8, 4) is 0 Å². The molecule has 1 saturated carbocycles. The molecule has 1 amide bonds. The van der Waals surface area contributed by atoms with Gasteiger partial charge in [-0.1, -0.05) is 0 Å². The van der Waals surface area contributed by atoms with Gasteiger partial charge in [0.25, 0.3) is 0 Å². The fourth-order valence-corrected chi connectivity index (χ4v) is 1.66. The van der Waals surface area contributed by atoms with Crippen molar-refractivity contribution in [3.05, 3.63) is 0 Å². The maximum atomic E-state index is 11.5. The first-order chi connectivity index (χ1) is 8.99. The number of aliphatic carboxylic acids is 2. The first-order valence-electron chi connectivity index (χ1n) is 6.46. The molecule has 0 aliphatic heterocycles. The van der Waals surface area contributed by atoms with Crippen LogP contribution in [-0.4, -0.2) is 46.7 Å². The molecule has 19 heavy (non-hydrogen) atoms. The lowest BCUT2D eigenvalue weighted by molar-refractivity contribution is -0.142. The molecule has 1 atom stereocenters. The Morgan fingerprint density at radius 1 is 1.16 bits per heavy atom. The second-order valence-corrected chi connectivity index (χ2v) is 4.72. The Kier molecular flexibility index (Phi) is 6.27. The van der Waals surface area contributed by atoms with Crippen LogP contribution in [0.15, 0.2) is 0 Å². The Labute approximate surface area is 111 Å². The lowest BCUT2D eigenvalue weighted by Crippen LogP contribution is -2.41. The van der Waals surface area contributed by atoms with Crippen LogP contribution in [0.25, 0.3) is 0 Å². The number of rotatable bonds is 10. The first kappa shape index (κ1) is 15.4. The summed E-state index contributed by atoms with van der Waals surface area (Å²) in [5.41, 5.74) is 0. The van der Waals surface area contributed by atoms with Crippen molar-refractivity contribution < 1.29 is 24.6 Å². The van der Waals surface area contributed by atoms with Crippen LogP contribution in [0.2, 0.25) is 0 Å². The molecule has 0 aromatic heterocycles. The minimum absolute atomic E-state index is 0.0944. The van der Waals surface area contributed by atoms with Crippen molar-refractivity contribution in [2.24, 2.45) is 0 Å². The number of hydrogen-bond donors (Lipinski definition) is 4. The molecular formula is C12H20N2O5. The van der Waals surface area contributed by atoms with Gasteiger partial charge in [0, 0.05) is 25.4 Å². The van der Waals surface area contributed by atoms with Gasteiger partial charge in [-0.15, -0.1) is 0 Å². The van der Waals surface area contributed by atoms with E-state index in [0.29, 0.717) is 12.6 Å². The molecule has 0 radical (unpaired) electrons. The number of amides is 1. The molecule has 0 heterocycles. The van der Waals surface area contributed by atoms with Gasteiger partial charge in [-0.25, -0.2) is 4.79 Å². The Morgan fingerprint density at radius 3 is 2.37 bits per heavy atom. The molecule has 1 aliphatic carbocycles. The average molecular weight is 272 g/mol. The van der Waals surface area contributed by atoms with Gasteiger partial charge in [0.05, 0.1) is 0 Å². The second kappa shape index (κ2) is 7.73. The molecule has 1 rings (SSSR count). The van der Waals surface area contributed by atoms with E-state index < -0.39 is 18.0 Å². The Balaban J connectivity index is 2.20. The third-order valence-electron chi connectivity index (χ3n) is 2.88. The fraction of sp³-hybridized carbons (Fsp3) is 0.750. The number of carboxylic acids is 2. The maximum Gasteiger partial charge on any atom is 0.326 e. The van der Waals surface area contributed by atoms with Gasteiger partial charge in [-0.2, -0.15) is 0 Å². The van der Waals surface area contributed by atoms with E-state index in [4.69, 9.17) is 10.2 Å². The summed E-state index contributed by atoms with van der Waals surface area (Å²) in [6, 6.07) is -0.494. The van der Waals surface area contributed by atoms with Crippen LogP contribution in [0, 0.1) is 0 Å². The van der Waals surface area contributed by atoms with Crippen LogP contribution in [-0.2, 0) is 14.4 Å². The van der Waals surface area contributed by atoms with E-state index in [1.54, 1.807) is 0 Å². The predicted molar refractivity (Wildman–Crippen MR) is 66.7 cm³/mol. The molecule has 0 saturated heterocycles. The van der Waals surface area contributed by atoms with E-state index in [1.165, 1.54) is 0 Å². The van der Waals surface area contributed by atoms with Crippen molar-refractivity contribution in [3.63, 3.8) is 0 Å². The van der Waals surface area contributed by atoms with Crippen molar-refractivity contribution >= 4 is 17.8 Å². The van der Waals surface area contributed by atoms with E-state index in [-0.39, 0.29) is 31.6 Å². The highest BCUT2D eigenvalue weighted by molar-refractivity contribution is 5.83. The van der Waals surface area contributed by atoms with Gasteiger partial charge in [0.2, 0.25) is 5.91 Å².